The van der Waals surface area contributed by atoms with Crippen molar-refractivity contribution in [1.29, 1.82) is 0 Å². The molecule has 0 heterocycles. The molecule has 0 fully saturated rings. The third-order valence-electron chi connectivity index (χ3n) is 4.03. The van der Waals surface area contributed by atoms with E-state index in [1.807, 2.05) is 0 Å². The van der Waals surface area contributed by atoms with Gasteiger partial charge in [-0.2, -0.15) is 9.40 Å². The van der Waals surface area contributed by atoms with E-state index in [0.717, 1.165) is 7.11 Å². The molecule has 0 bridgehead atoms. The fourth-order valence-electron chi connectivity index (χ4n) is 2.41. The maximum absolute atomic E-state index is 15.4. The first-order chi connectivity index (χ1) is 14.8. The van der Waals surface area contributed by atoms with Crippen molar-refractivity contribution < 1.29 is 37.8 Å². The molecule has 0 aliphatic heterocycles. The van der Waals surface area contributed by atoms with Crippen LogP contribution >= 0.6 is 0 Å². The van der Waals surface area contributed by atoms with Gasteiger partial charge in [-0.15, -0.1) is 0 Å². The van der Waals surface area contributed by atoms with Crippen LogP contribution in [-0.2, 0) is 37.0 Å². The second-order valence-corrected chi connectivity index (χ2v) is 6.22. The van der Waals surface area contributed by atoms with Crippen LogP contribution in [0.4, 0.5) is 14.0 Å². The number of hydrogen-bond acceptors (Lipinski definition) is 7. The van der Waals surface area contributed by atoms with E-state index < -0.39 is 29.7 Å². The van der Waals surface area contributed by atoms with E-state index >= 15 is 4.39 Å². The minimum Gasteiger partial charge on any atom is -0.465 e. The number of nitrogens with zero attached hydrogens (tertiary/aromatic N) is 1. The van der Waals surface area contributed by atoms with Gasteiger partial charge in [-0.3, -0.25) is 4.79 Å². The number of rotatable bonds is 7. The van der Waals surface area contributed by atoms with E-state index in [9.17, 15) is 19.2 Å². The molecule has 164 valence electrons. The number of carbonyl (C=O) groups is 4. The van der Waals surface area contributed by atoms with Crippen LogP contribution in [0.2, 0.25) is 0 Å². The molecule has 1 N–H and O–H groups in total. The van der Waals surface area contributed by atoms with Crippen molar-refractivity contribution in [2.75, 3.05) is 7.11 Å². The third kappa shape index (κ3) is 6.01. The van der Waals surface area contributed by atoms with Crippen LogP contribution in [0.3, 0.4) is 0 Å². The number of benzene rings is 2. The Kier molecular flexibility index (Phi) is 8.07. The largest absolute Gasteiger partial charge is 0.465 e. The molecule has 2 aromatic rings. The molecule has 10 heteroatoms. The summed E-state index contributed by atoms with van der Waals surface area (Å²) in [6, 6.07) is 16.9. The second-order valence-electron chi connectivity index (χ2n) is 6.22. The van der Waals surface area contributed by atoms with E-state index in [1.165, 1.54) is 0 Å². The maximum Gasteiger partial charge on any atom is 0.432 e. The van der Waals surface area contributed by atoms with Crippen LogP contribution in [-0.4, -0.2) is 41.9 Å². The molecule has 2 amide bonds. The van der Waals surface area contributed by atoms with Gasteiger partial charge in [-0.25, -0.2) is 19.8 Å². The molecular formula is C21H21FN2O7. The number of ether oxygens (including phenoxy) is 3. The Labute approximate surface area is 177 Å². The summed E-state index contributed by atoms with van der Waals surface area (Å²) in [4.78, 5) is 48.6. The average molecular weight is 432 g/mol. The first-order valence-corrected chi connectivity index (χ1v) is 9.05. The smallest absolute Gasteiger partial charge is 0.432 e. The Morgan fingerprint density at radius 2 is 1.39 bits per heavy atom. The second kappa shape index (κ2) is 10.7. The molecule has 0 aliphatic carbocycles. The summed E-state index contributed by atoms with van der Waals surface area (Å²) >= 11 is 0. The Balaban J connectivity index is 2.19. The van der Waals surface area contributed by atoms with E-state index in [-0.39, 0.29) is 18.2 Å². The van der Waals surface area contributed by atoms with Crippen LogP contribution in [0.1, 0.15) is 18.1 Å². The van der Waals surface area contributed by atoms with Crippen molar-refractivity contribution in [3.63, 3.8) is 0 Å². The molecule has 2 aromatic carbocycles. The minimum absolute atomic E-state index is 0.183. The number of Topliss-reactive ketones (excluding diaryl/α,β-unsaturated/α-hetero) is 1. The number of esters is 1. The first kappa shape index (κ1) is 23.3. The summed E-state index contributed by atoms with van der Waals surface area (Å²) in [5, 5.41) is -0.183. The Morgan fingerprint density at radius 1 is 0.903 bits per heavy atom. The van der Waals surface area contributed by atoms with E-state index in [2.05, 4.69) is 4.74 Å². The Hall–Kier alpha value is -3.95. The SMILES string of the molecule is COC(=O)[C@@](F)(C(C)=O)N(NC(=O)OCc1ccccc1)C(=O)OCc1ccccc1. The van der Waals surface area contributed by atoms with E-state index in [4.69, 9.17) is 9.47 Å². The zero-order chi connectivity index (χ0) is 22.9. The van der Waals surface area contributed by atoms with Crippen molar-refractivity contribution in [1.82, 2.24) is 10.4 Å². The lowest BCUT2D eigenvalue weighted by Gasteiger charge is -2.31. The quantitative estimate of drug-likeness (QED) is 0.235. The lowest BCUT2D eigenvalue weighted by atomic mass is 10.1. The molecule has 31 heavy (non-hydrogen) atoms. The van der Waals surface area contributed by atoms with Crippen molar-refractivity contribution in [2.45, 2.75) is 25.9 Å². The molecule has 0 aromatic heterocycles. The van der Waals surface area contributed by atoms with Gasteiger partial charge in [0.2, 0.25) is 5.78 Å². The standard InChI is InChI=1S/C21H21FN2O7/c1-15(25)21(22,18(26)29-2)24(20(28)31-14-17-11-7-4-8-12-17)23-19(27)30-13-16-9-5-3-6-10-16/h3-12H,13-14H2,1-2H3,(H,23,27)/t21-/m1/s1. The number of ketones is 1. The van der Waals surface area contributed by atoms with Crippen molar-refractivity contribution in [2.24, 2.45) is 0 Å². The number of halogens is 1. The van der Waals surface area contributed by atoms with Gasteiger partial charge in [0, 0.05) is 6.92 Å². The topological polar surface area (TPSA) is 111 Å². The zero-order valence-corrected chi connectivity index (χ0v) is 16.9. The van der Waals surface area contributed by atoms with Crippen molar-refractivity contribution >= 4 is 23.9 Å². The lowest BCUT2D eigenvalue weighted by molar-refractivity contribution is -0.176. The highest BCUT2D eigenvalue weighted by atomic mass is 19.1. The molecule has 1 atom stereocenters. The number of hydrazine groups is 1. The van der Waals surface area contributed by atoms with Crippen LogP contribution < -0.4 is 5.43 Å². The molecule has 2 rings (SSSR count). The van der Waals surface area contributed by atoms with Gasteiger partial charge in [-0.1, -0.05) is 60.7 Å². The highest BCUT2D eigenvalue weighted by Crippen LogP contribution is 2.21. The van der Waals surface area contributed by atoms with Crippen LogP contribution in [0.5, 0.6) is 0 Å². The summed E-state index contributed by atoms with van der Waals surface area (Å²) in [5.41, 5.74) is 2.92. The summed E-state index contributed by atoms with van der Waals surface area (Å²) in [7, 11) is 0.820. The summed E-state index contributed by atoms with van der Waals surface area (Å²) in [6.45, 7) is 0.189. The summed E-state index contributed by atoms with van der Waals surface area (Å²) in [6.07, 6.45) is -2.81. The van der Waals surface area contributed by atoms with Crippen molar-refractivity contribution in [3.8, 4) is 0 Å². The summed E-state index contributed by atoms with van der Waals surface area (Å²) in [5.74, 6) is -6.81. The van der Waals surface area contributed by atoms with E-state index in [0.29, 0.717) is 18.1 Å². The normalized spacial score (nSPS) is 12.1. The summed E-state index contributed by atoms with van der Waals surface area (Å²) < 4.78 is 29.6. The molecule has 0 unspecified atom stereocenters. The van der Waals surface area contributed by atoms with Crippen LogP contribution in [0, 0.1) is 0 Å². The van der Waals surface area contributed by atoms with Crippen molar-refractivity contribution in [3.05, 3.63) is 71.8 Å². The van der Waals surface area contributed by atoms with Crippen LogP contribution in [0.15, 0.2) is 60.7 Å². The Bertz CT molecular complexity index is 924. The highest BCUT2D eigenvalue weighted by molar-refractivity contribution is 6.07. The number of hydrogen-bond donors (Lipinski definition) is 1. The molecule has 9 nitrogen and oxygen atoms in total. The fourth-order valence-corrected chi connectivity index (χ4v) is 2.41. The number of carbonyl (C=O) groups excluding carboxylic acids is 4. The predicted molar refractivity (Wildman–Crippen MR) is 105 cm³/mol. The maximum atomic E-state index is 15.4. The number of nitrogens with one attached hydrogen (secondary N) is 1. The van der Waals surface area contributed by atoms with Gasteiger partial charge < -0.3 is 14.2 Å². The van der Waals surface area contributed by atoms with Gasteiger partial charge in [0.25, 0.3) is 0 Å². The zero-order valence-electron chi connectivity index (χ0n) is 16.9. The lowest BCUT2D eigenvalue weighted by Crippen LogP contribution is -2.65. The van der Waals surface area contributed by atoms with Crippen LogP contribution in [0.25, 0.3) is 0 Å². The number of alkyl halides is 1. The van der Waals surface area contributed by atoms with Gasteiger partial charge >= 0.3 is 23.9 Å². The average Bonchev–Trinajstić information content (AvgIpc) is 2.79. The molecule has 0 aliphatic rings. The minimum atomic E-state index is -3.67. The third-order valence-corrected chi connectivity index (χ3v) is 4.03. The van der Waals surface area contributed by atoms with E-state index in [1.54, 1.807) is 66.1 Å². The van der Waals surface area contributed by atoms with Gasteiger partial charge in [-0.05, 0) is 11.1 Å². The highest BCUT2D eigenvalue weighted by Gasteiger charge is 2.55. The fraction of sp³-hybridized carbons (Fsp3) is 0.238. The molecular weight excluding hydrogens is 411 g/mol. The molecule has 0 saturated heterocycles. The first-order valence-electron chi connectivity index (χ1n) is 9.05. The number of amides is 2. The van der Waals surface area contributed by atoms with Gasteiger partial charge in [0.05, 0.1) is 7.11 Å². The van der Waals surface area contributed by atoms with Gasteiger partial charge in [0.15, 0.2) is 0 Å². The molecule has 0 radical (unpaired) electrons. The molecule has 0 spiro atoms. The Morgan fingerprint density at radius 3 is 1.84 bits per heavy atom. The molecule has 0 saturated carbocycles. The predicted octanol–water partition coefficient (Wildman–Crippen LogP) is 2.89. The number of methoxy groups -OCH3 is 1. The monoisotopic (exact) mass is 432 g/mol. The van der Waals surface area contributed by atoms with Gasteiger partial charge in [0.1, 0.15) is 13.2 Å².